The molecule has 1 saturated heterocycles. The number of halogens is 2. The first-order valence-electron chi connectivity index (χ1n) is 5.81. The van der Waals surface area contributed by atoms with Crippen molar-refractivity contribution in [3.05, 3.63) is 28.1 Å². The van der Waals surface area contributed by atoms with Crippen LogP contribution < -0.4 is 9.80 Å². The molecule has 0 saturated carbocycles. The molecule has 0 aromatic carbocycles. The van der Waals surface area contributed by atoms with E-state index in [1.54, 1.807) is 11.7 Å². The Balaban J connectivity index is 1.70. The van der Waals surface area contributed by atoms with Crippen LogP contribution >= 0.6 is 27.3 Å². The summed E-state index contributed by atoms with van der Waals surface area (Å²) in [5.41, 5.74) is 1.72. The van der Waals surface area contributed by atoms with Crippen LogP contribution in [0.3, 0.4) is 0 Å². The van der Waals surface area contributed by atoms with Crippen molar-refractivity contribution in [2.45, 2.75) is 0 Å². The lowest BCUT2D eigenvalue weighted by Gasteiger charge is -2.35. The second-order valence-electron chi connectivity index (χ2n) is 4.15. The fourth-order valence-corrected chi connectivity index (χ4v) is 2.97. The van der Waals surface area contributed by atoms with Crippen molar-refractivity contribution in [2.24, 2.45) is 0 Å². The average molecular weight is 344 g/mol. The quantitative estimate of drug-likeness (QED) is 0.836. The maximum absolute atomic E-state index is 13.8. The van der Waals surface area contributed by atoms with Gasteiger partial charge in [0.2, 0.25) is 5.13 Å². The molecule has 0 aliphatic carbocycles. The highest BCUT2D eigenvalue weighted by Gasteiger charge is 2.22. The maximum atomic E-state index is 13.8. The monoisotopic (exact) mass is 343 g/mol. The normalized spacial score (nSPS) is 15.9. The van der Waals surface area contributed by atoms with Gasteiger partial charge < -0.3 is 9.80 Å². The third kappa shape index (κ3) is 2.69. The molecule has 0 unspecified atom stereocenters. The molecule has 0 atom stereocenters. The first-order chi connectivity index (χ1) is 9.24. The van der Waals surface area contributed by atoms with Gasteiger partial charge >= 0.3 is 0 Å². The Kier molecular flexibility index (Phi) is 3.61. The lowest BCUT2D eigenvalue weighted by molar-refractivity contribution is 0.587. The molecule has 1 aliphatic heterocycles. The zero-order valence-electron chi connectivity index (χ0n) is 9.96. The summed E-state index contributed by atoms with van der Waals surface area (Å²) < 4.78 is 14.5. The van der Waals surface area contributed by atoms with Gasteiger partial charge in [0.05, 0.1) is 0 Å². The van der Waals surface area contributed by atoms with Gasteiger partial charge in [-0.05, 0) is 22.0 Å². The summed E-state index contributed by atoms with van der Waals surface area (Å²) in [5, 5.41) is 8.80. The number of hydrogen-bond acceptors (Lipinski definition) is 6. The smallest absolute Gasteiger partial charge is 0.208 e. The SMILES string of the molecule is Fc1cc(Br)cnc1N1CCN(c2nncs2)CC1. The summed E-state index contributed by atoms with van der Waals surface area (Å²) in [5.74, 6) is 0.124. The van der Waals surface area contributed by atoms with Crippen molar-refractivity contribution in [2.75, 3.05) is 36.0 Å². The van der Waals surface area contributed by atoms with Crippen LogP contribution in [0.25, 0.3) is 0 Å². The van der Waals surface area contributed by atoms with Crippen LogP contribution in [0, 0.1) is 5.82 Å². The standard InChI is InChI=1S/C11H11BrFN5S/c12-8-5-9(13)10(14-6-8)17-1-3-18(4-2-17)11-16-15-7-19-11/h5-7H,1-4H2. The number of hydrogen-bond donors (Lipinski definition) is 0. The number of pyridine rings is 1. The van der Waals surface area contributed by atoms with Crippen LogP contribution in [0.15, 0.2) is 22.2 Å². The van der Waals surface area contributed by atoms with Crippen molar-refractivity contribution >= 4 is 38.2 Å². The van der Waals surface area contributed by atoms with Gasteiger partial charge in [0, 0.05) is 36.8 Å². The summed E-state index contributed by atoms with van der Waals surface area (Å²) in [7, 11) is 0. The van der Waals surface area contributed by atoms with Gasteiger partial charge in [0.1, 0.15) is 5.51 Å². The molecule has 2 aromatic rings. The Morgan fingerprint density at radius 3 is 2.58 bits per heavy atom. The molecule has 3 heterocycles. The first kappa shape index (κ1) is 12.7. The van der Waals surface area contributed by atoms with Crippen molar-refractivity contribution in [1.29, 1.82) is 0 Å². The van der Waals surface area contributed by atoms with E-state index in [2.05, 4.69) is 36.0 Å². The van der Waals surface area contributed by atoms with Crippen molar-refractivity contribution < 1.29 is 4.39 Å². The Morgan fingerprint density at radius 1 is 1.21 bits per heavy atom. The van der Waals surface area contributed by atoms with Gasteiger partial charge in [-0.1, -0.05) is 11.3 Å². The van der Waals surface area contributed by atoms with E-state index in [-0.39, 0.29) is 5.82 Å². The molecule has 0 amide bonds. The van der Waals surface area contributed by atoms with E-state index < -0.39 is 0 Å². The van der Waals surface area contributed by atoms with E-state index in [4.69, 9.17) is 0 Å². The minimum atomic E-state index is -0.293. The van der Waals surface area contributed by atoms with Crippen molar-refractivity contribution in [3.63, 3.8) is 0 Å². The van der Waals surface area contributed by atoms with Gasteiger partial charge in [-0.25, -0.2) is 9.37 Å². The largest absolute Gasteiger partial charge is 0.351 e. The summed E-state index contributed by atoms with van der Waals surface area (Å²) in [4.78, 5) is 8.26. The van der Waals surface area contributed by atoms with E-state index >= 15 is 0 Å². The molecule has 5 nitrogen and oxygen atoms in total. The van der Waals surface area contributed by atoms with Gasteiger partial charge in [-0.15, -0.1) is 10.2 Å². The fourth-order valence-electron chi connectivity index (χ4n) is 2.05. The molecular formula is C11H11BrFN5S. The molecule has 2 aromatic heterocycles. The molecule has 3 rings (SSSR count). The zero-order chi connectivity index (χ0) is 13.2. The lowest BCUT2D eigenvalue weighted by atomic mass is 10.3. The Morgan fingerprint density at radius 2 is 1.95 bits per heavy atom. The number of rotatable bonds is 2. The van der Waals surface area contributed by atoms with Crippen LogP contribution in [-0.4, -0.2) is 41.4 Å². The molecule has 8 heteroatoms. The average Bonchev–Trinajstić information content (AvgIpc) is 2.93. The molecule has 0 bridgehead atoms. The van der Waals surface area contributed by atoms with Gasteiger partial charge in [0.25, 0.3) is 0 Å². The minimum absolute atomic E-state index is 0.293. The highest BCUT2D eigenvalue weighted by molar-refractivity contribution is 9.10. The number of piperazine rings is 1. The van der Waals surface area contributed by atoms with Gasteiger partial charge in [0.15, 0.2) is 11.6 Å². The van der Waals surface area contributed by atoms with Gasteiger partial charge in [-0.2, -0.15) is 0 Å². The van der Waals surface area contributed by atoms with Crippen molar-refractivity contribution in [1.82, 2.24) is 15.2 Å². The predicted molar refractivity (Wildman–Crippen MR) is 76.2 cm³/mol. The molecule has 100 valence electrons. The van der Waals surface area contributed by atoms with Crippen LogP contribution in [0.5, 0.6) is 0 Å². The summed E-state index contributed by atoms with van der Waals surface area (Å²) in [6.45, 7) is 3.05. The van der Waals surface area contributed by atoms with E-state index in [0.717, 1.165) is 31.3 Å². The Bertz CT molecular complexity index is 556. The van der Waals surface area contributed by atoms with Crippen LogP contribution in [0.4, 0.5) is 15.3 Å². The molecular weight excluding hydrogens is 333 g/mol. The van der Waals surface area contributed by atoms with E-state index in [1.807, 2.05) is 4.90 Å². The number of nitrogens with zero attached hydrogens (tertiary/aromatic N) is 5. The Hall–Kier alpha value is -1.28. The molecule has 0 radical (unpaired) electrons. The van der Waals surface area contributed by atoms with Crippen LogP contribution in [0.2, 0.25) is 0 Å². The molecule has 1 fully saturated rings. The highest BCUT2D eigenvalue weighted by Crippen LogP contribution is 2.23. The summed E-state index contributed by atoms with van der Waals surface area (Å²) >= 11 is 4.73. The third-order valence-electron chi connectivity index (χ3n) is 2.99. The maximum Gasteiger partial charge on any atom is 0.208 e. The van der Waals surface area contributed by atoms with Crippen LogP contribution in [-0.2, 0) is 0 Å². The summed E-state index contributed by atoms with van der Waals surface area (Å²) in [6.07, 6.45) is 1.62. The highest BCUT2D eigenvalue weighted by atomic mass is 79.9. The molecule has 1 aliphatic rings. The molecule has 0 N–H and O–H groups in total. The Labute approximate surface area is 122 Å². The minimum Gasteiger partial charge on any atom is -0.351 e. The summed E-state index contributed by atoms with van der Waals surface area (Å²) in [6, 6.07) is 1.44. The van der Waals surface area contributed by atoms with E-state index in [9.17, 15) is 4.39 Å². The third-order valence-corrected chi connectivity index (χ3v) is 4.17. The molecule has 19 heavy (non-hydrogen) atoms. The number of aromatic nitrogens is 3. The van der Waals surface area contributed by atoms with Gasteiger partial charge in [-0.3, -0.25) is 0 Å². The molecule has 0 spiro atoms. The van der Waals surface area contributed by atoms with Crippen molar-refractivity contribution in [3.8, 4) is 0 Å². The lowest BCUT2D eigenvalue weighted by Crippen LogP contribution is -2.47. The number of anilines is 2. The second-order valence-corrected chi connectivity index (χ2v) is 5.88. The van der Waals surface area contributed by atoms with E-state index in [1.165, 1.54) is 17.4 Å². The topological polar surface area (TPSA) is 45.2 Å². The first-order valence-corrected chi connectivity index (χ1v) is 7.48. The predicted octanol–water partition coefficient (Wildman–Crippen LogP) is 2.16. The van der Waals surface area contributed by atoms with Crippen LogP contribution in [0.1, 0.15) is 0 Å². The fraction of sp³-hybridized carbons (Fsp3) is 0.364. The van der Waals surface area contributed by atoms with E-state index in [0.29, 0.717) is 10.3 Å². The second kappa shape index (κ2) is 5.38. The zero-order valence-corrected chi connectivity index (χ0v) is 12.4.